The van der Waals surface area contributed by atoms with E-state index in [9.17, 15) is 4.79 Å². The highest BCUT2D eigenvalue weighted by Gasteiger charge is 2.24. The van der Waals surface area contributed by atoms with Crippen LogP contribution in [0.2, 0.25) is 0 Å². The second-order valence-corrected chi connectivity index (χ2v) is 6.22. The van der Waals surface area contributed by atoms with Crippen LogP contribution in [0.15, 0.2) is 24.3 Å². The molecule has 0 aliphatic carbocycles. The number of hydrogen-bond donors (Lipinski definition) is 2. The van der Waals surface area contributed by atoms with Crippen LogP contribution in [-0.2, 0) is 11.3 Å². The Morgan fingerprint density at radius 2 is 2.05 bits per heavy atom. The van der Waals surface area contributed by atoms with Crippen molar-refractivity contribution in [2.45, 2.75) is 51.8 Å². The number of hydrogen-bond acceptors (Lipinski definition) is 3. The number of ether oxygens (including phenoxy) is 1. The molecule has 1 aromatic carbocycles. The predicted octanol–water partition coefficient (Wildman–Crippen LogP) is 2.89. The van der Waals surface area contributed by atoms with E-state index in [0.29, 0.717) is 18.0 Å². The van der Waals surface area contributed by atoms with Crippen molar-refractivity contribution in [1.29, 1.82) is 0 Å². The first-order valence-electron chi connectivity index (χ1n) is 7.80. The number of benzene rings is 1. The molecule has 0 bridgehead atoms. The van der Waals surface area contributed by atoms with Crippen molar-refractivity contribution in [1.82, 2.24) is 5.32 Å². The quantitative estimate of drug-likeness (QED) is 0.874. The molecule has 2 unspecified atom stereocenters. The monoisotopic (exact) mass is 326 g/mol. The van der Waals surface area contributed by atoms with Gasteiger partial charge in [0.1, 0.15) is 0 Å². The van der Waals surface area contributed by atoms with Gasteiger partial charge in [0.2, 0.25) is 0 Å². The van der Waals surface area contributed by atoms with E-state index >= 15 is 0 Å². The summed E-state index contributed by atoms with van der Waals surface area (Å²) in [4.78, 5) is 12.3. The van der Waals surface area contributed by atoms with E-state index in [-0.39, 0.29) is 30.5 Å². The van der Waals surface area contributed by atoms with E-state index < -0.39 is 0 Å². The molecule has 1 aliphatic rings. The second-order valence-electron chi connectivity index (χ2n) is 6.22. The minimum absolute atomic E-state index is 0. The van der Waals surface area contributed by atoms with Crippen molar-refractivity contribution < 1.29 is 9.53 Å². The third kappa shape index (κ3) is 5.59. The standard InChI is InChI=1S/C17H26N2O2.ClH/c1-12(2)9-16-10-15(7-8-21-16)19-17(20)14-5-3-13(11-18)4-6-14;/h3-6,12,15-16H,7-11,18H2,1-2H3,(H,19,20);1H. The van der Waals surface area contributed by atoms with Crippen LogP contribution in [0, 0.1) is 5.92 Å². The lowest BCUT2D eigenvalue weighted by molar-refractivity contribution is -0.00846. The van der Waals surface area contributed by atoms with Crippen molar-refractivity contribution in [3.05, 3.63) is 35.4 Å². The van der Waals surface area contributed by atoms with Gasteiger partial charge in [0.15, 0.2) is 0 Å². The molecular formula is C17H27ClN2O2. The molecule has 1 heterocycles. The van der Waals surface area contributed by atoms with Crippen LogP contribution in [0.5, 0.6) is 0 Å². The van der Waals surface area contributed by atoms with Crippen molar-refractivity contribution in [3.8, 4) is 0 Å². The van der Waals surface area contributed by atoms with Gasteiger partial charge in [0.25, 0.3) is 5.91 Å². The summed E-state index contributed by atoms with van der Waals surface area (Å²) in [7, 11) is 0. The van der Waals surface area contributed by atoms with Gasteiger partial charge < -0.3 is 15.8 Å². The molecule has 0 radical (unpaired) electrons. The molecule has 1 amide bonds. The summed E-state index contributed by atoms with van der Waals surface area (Å²) in [6.45, 7) is 5.63. The van der Waals surface area contributed by atoms with Gasteiger partial charge in [0.05, 0.1) is 6.10 Å². The molecule has 1 saturated heterocycles. The molecule has 2 atom stereocenters. The minimum Gasteiger partial charge on any atom is -0.378 e. The maximum absolute atomic E-state index is 12.3. The zero-order chi connectivity index (χ0) is 15.2. The maximum Gasteiger partial charge on any atom is 0.251 e. The van der Waals surface area contributed by atoms with Gasteiger partial charge in [-0.2, -0.15) is 0 Å². The van der Waals surface area contributed by atoms with Crippen molar-refractivity contribution in [2.75, 3.05) is 6.61 Å². The Hall–Kier alpha value is -1.10. The number of amides is 1. The van der Waals surface area contributed by atoms with E-state index in [4.69, 9.17) is 10.5 Å². The third-order valence-corrected chi connectivity index (χ3v) is 3.89. The van der Waals surface area contributed by atoms with Gasteiger partial charge in [-0.15, -0.1) is 12.4 Å². The first-order valence-corrected chi connectivity index (χ1v) is 7.80. The Labute approximate surface area is 139 Å². The highest BCUT2D eigenvalue weighted by atomic mass is 35.5. The molecule has 5 heteroatoms. The van der Waals surface area contributed by atoms with Crippen LogP contribution < -0.4 is 11.1 Å². The normalized spacial score (nSPS) is 21.3. The van der Waals surface area contributed by atoms with E-state index in [2.05, 4.69) is 19.2 Å². The zero-order valence-electron chi connectivity index (χ0n) is 13.4. The topological polar surface area (TPSA) is 64.4 Å². The van der Waals surface area contributed by atoms with Crippen LogP contribution in [0.1, 0.15) is 49.0 Å². The Bertz CT molecular complexity index is 462. The number of carbonyl (C=O) groups excluding carboxylic acids is 1. The van der Waals surface area contributed by atoms with Crippen LogP contribution in [0.4, 0.5) is 0 Å². The van der Waals surface area contributed by atoms with Gasteiger partial charge in [-0.25, -0.2) is 0 Å². The van der Waals surface area contributed by atoms with Gasteiger partial charge in [-0.1, -0.05) is 26.0 Å². The van der Waals surface area contributed by atoms with Crippen LogP contribution >= 0.6 is 12.4 Å². The van der Waals surface area contributed by atoms with Crippen LogP contribution in [-0.4, -0.2) is 24.7 Å². The second kappa shape index (κ2) is 9.13. The smallest absolute Gasteiger partial charge is 0.251 e. The summed E-state index contributed by atoms with van der Waals surface area (Å²) in [6, 6.07) is 7.69. The summed E-state index contributed by atoms with van der Waals surface area (Å²) < 4.78 is 5.77. The van der Waals surface area contributed by atoms with Gasteiger partial charge in [-0.3, -0.25) is 4.79 Å². The summed E-state index contributed by atoms with van der Waals surface area (Å²) >= 11 is 0. The third-order valence-electron chi connectivity index (χ3n) is 3.89. The van der Waals surface area contributed by atoms with E-state index in [1.807, 2.05) is 24.3 Å². The molecule has 22 heavy (non-hydrogen) atoms. The highest BCUT2D eigenvalue weighted by Crippen LogP contribution is 2.20. The average Bonchev–Trinajstić information content (AvgIpc) is 2.47. The van der Waals surface area contributed by atoms with Gasteiger partial charge in [-0.05, 0) is 42.9 Å². The molecule has 1 fully saturated rings. The molecule has 1 aromatic rings. The van der Waals surface area contributed by atoms with E-state index in [1.165, 1.54) is 0 Å². The number of rotatable bonds is 5. The molecule has 124 valence electrons. The van der Waals surface area contributed by atoms with E-state index in [0.717, 1.165) is 31.4 Å². The zero-order valence-corrected chi connectivity index (χ0v) is 14.2. The first kappa shape index (κ1) is 18.9. The summed E-state index contributed by atoms with van der Waals surface area (Å²) in [5.74, 6) is 0.613. The molecule has 0 spiro atoms. The SMILES string of the molecule is CC(C)CC1CC(NC(=O)c2ccc(CN)cc2)CCO1.Cl. The lowest BCUT2D eigenvalue weighted by atomic mass is 9.96. The molecule has 0 saturated carbocycles. The van der Waals surface area contributed by atoms with Gasteiger partial charge in [0, 0.05) is 24.8 Å². The Morgan fingerprint density at radius 3 is 2.64 bits per heavy atom. The van der Waals surface area contributed by atoms with Crippen LogP contribution in [0.25, 0.3) is 0 Å². The minimum atomic E-state index is -0.00577. The molecule has 4 nitrogen and oxygen atoms in total. The fourth-order valence-corrected chi connectivity index (χ4v) is 2.76. The molecular weight excluding hydrogens is 300 g/mol. The van der Waals surface area contributed by atoms with Crippen LogP contribution in [0.3, 0.4) is 0 Å². The van der Waals surface area contributed by atoms with Crippen molar-refractivity contribution in [3.63, 3.8) is 0 Å². The summed E-state index contributed by atoms with van der Waals surface area (Å²) in [5.41, 5.74) is 7.30. The van der Waals surface area contributed by atoms with E-state index in [1.54, 1.807) is 0 Å². The molecule has 3 N–H and O–H groups in total. The number of nitrogens with two attached hydrogens (primary N) is 1. The maximum atomic E-state index is 12.3. The Balaban J connectivity index is 0.00000242. The number of nitrogens with one attached hydrogen (secondary N) is 1. The lowest BCUT2D eigenvalue weighted by Gasteiger charge is -2.31. The first-order chi connectivity index (χ1) is 10.1. The molecule has 0 aromatic heterocycles. The fourth-order valence-electron chi connectivity index (χ4n) is 2.76. The Morgan fingerprint density at radius 1 is 1.36 bits per heavy atom. The summed E-state index contributed by atoms with van der Waals surface area (Å²) in [6.07, 6.45) is 3.12. The fraction of sp³-hybridized carbons (Fsp3) is 0.588. The van der Waals surface area contributed by atoms with Crippen molar-refractivity contribution >= 4 is 18.3 Å². The molecule has 1 aliphatic heterocycles. The lowest BCUT2D eigenvalue weighted by Crippen LogP contribution is -2.42. The highest BCUT2D eigenvalue weighted by molar-refractivity contribution is 5.94. The number of carbonyl (C=O) groups is 1. The number of halogens is 1. The molecule has 2 rings (SSSR count). The predicted molar refractivity (Wildman–Crippen MR) is 91.3 cm³/mol. The summed E-state index contributed by atoms with van der Waals surface area (Å²) in [5, 5.41) is 3.13. The Kier molecular flexibility index (Phi) is 7.87. The largest absolute Gasteiger partial charge is 0.378 e. The van der Waals surface area contributed by atoms with Crippen molar-refractivity contribution in [2.24, 2.45) is 11.7 Å². The van der Waals surface area contributed by atoms with Gasteiger partial charge >= 0.3 is 0 Å². The average molecular weight is 327 g/mol.